The van der Waals surface area contributed by atoms with Gasteiger partial charge in [-0.15, -0.1) is 0 Å². The second-order valence-corrected chi connectivity index (χ2v) is 12.4. The minimum atomic E-state index is -0.475. The van der Waals surface area contributed by atoms with E-state index in [0.717, 1.165) is 47.8 Å². The largest absolute Gasteiger partial charge is 0.445 e. The highest BCUT2D eigenvalue weighted by Crippen LogP contribution is 2.30. The Morgan fingerprint density at radius 2 is 1.73 bits per heavy atom. The zero-order chi connectivity index (χ0) is 35.3. The molecule has 1 saturated carbocycles. The molecule has 3 aromatic heterocycles. The number of pyridine rings is 1. The summed E-state index contributed by atoms with van der Waals surface area (Å²) in [6.07, 6.45) is 7.15. The fourth-order valence-corrected chi connectivity index (χ4v) is 6.14. The maximum Gasteiger partial charge on any atom is 0.407 e. The number of aromatic amines is 1. The van der Waals surface area contributed by atoms with Crippen molar-refractivity contribution in [3.63, 3.8) is 0 Å². The third-order valence-electron chi connectivity index (χ3n) is 8.79. The van der Waals surface area contributed by atoms with E-state index in [1.807, 2.05) is 60.8 Å². The van der Waals surface area contributed by atoms with E-state index in [0.29, 0.717) is 75.3 Å². The molecule has 1 amide bonds. The smallest absolute Gasteiger partial charge is 0.407 e. The molecule has 2 atom stereocenters. The normalized spacial score (nSPS) is 15.9. The van der Waals surface area contributed by atoms with E-state index in [-0.39, 0.29) is 24.2 Å². The maximum atomic E-state index is 12.9. The van der Waals surface area contributed by atoms with Gasteiger partial charge in [0.25, 0.3) is 5.56 Å². The Hall–Kier alpha value is -5.02. The van der Waals surface area contributed by atoms with E-state index in [1.165, 1.54) is 6.33 Å². The summed E-state index contributed by atoms with van der Waals surface area (Å²) < 4.78 is 24.2. The Balaban J connectivity index is 0.921. The monoisotopic (exact) mass is 698 g/mol. The molecule has 0 spiro atoms. The first-order valence-electron chi connectivity index (χ1n) is 17.5. The van der Waals surface area contributed by atoms with Crippen molar-refractivity contribution in [2.75, 3.05) is 56.8 Å². The van der Waals surface area contributed by atoms with Gasteiger partial charge in [0, 0.05) is 48.5 Å². The van der Waals surface area contributed by atoms with Crippen LogP contribution in [0.2, 0.25) is 0 Å². The Labute approximate surface area is 296 Å². The predicted molar refractivity (Wildman–Crippen MR) is 196 cm³/mol. The highest BCUT2D eigenvalue weighted by Gasteiger charge is 2.23. The minimum absolute atomic E-state index is 0.0506. The Kier molecular flexibility index (Phi) is 12.8. The lowest BCUT2D eigenvalue weighted by atomic mass is 9.91. The third kappa shape index (κ3) is 10.0. The molecule has 0 unspecified atom stereocenters. The lowest BCUT2D eigenvalue weighted by Crippen LogP contribution is -2.42. The van der Waals surface area contributed by atoms with Crippen molar-refractivity contribution in [3.8, 4) is 0 Å². The van der Waals surface area contributed by atoms with Crippen LogP contribution in [0.15, 0.2) is 78.0 Å². The molecule has 5 aromatic rings. The van der Waals surface area contributed by atoms with E-state index in [9.17, 15) is 9.59 Å². The van der Waals surface area contributed by atoms with Gasteiger partial charge in [-0.1, -0.05) is 49.2 Å². The Morgan fingerprint density at radius 3 is 2.55 bits per heavy atom. The fraction of sp³-hybridized carbons (Fsp3) is 0.405. The number of nitrogens with one attached hydrogen (secondary N) is 4. The maximum absolute atomic E-state index is 12.9. The van der Waals surface area contributed by atoms with Gasteiger partial charge in [0.1, 0.15) is 23.6 Å². The second-order valence-electron chi connectivity index (χ2n) is 12.4. The van der Waals surface area contributed by atoms with Gasteiger partial charge in [0.2, 0.25) is 0 Å². The van der Waals surface area contributed by atoms with Gasteiger partial charge in [-0.05, 0) is 36.6 Å². The molecule has 14 nitrogen and oxygen atoms in total. The highest BCUT2D eigenvalue weighted by atomic mass is 16.6. The van der Waals surface area contributed by atoms with Gasteiger partial charge >= 0.3 is 6.09 Å². The molecule has 0 aliphatic heterocycles. The summed E-state index contributed by atoms with van der Waals surface area (Å²) in [5.41, 5.74) is 9.46. The Morgan fingerprint density at radius 1 is 0.941 bits per heavy atom. The number of aromatic nitrogens is 4. The van der Waals surface area contributed by atoms with Crippen molar-refractivity contribution in [1.82, 2.24) is 24.8 Å². The van der Waals surface area contributed by atoms with Crippen molar-refractivity contribution < 1.29 is 23.7 Å². The van der Waals surface area contributed by atoms with Crippen LogP contribution in [0.1, 0.15) is 31.2 Å². The van der Waals surface area contributed by atoms with Gasteiger partial charge in [-0.3, -0.25) is 4.79 Å². The average Bonchev–Trinajstić information content (AvgIpc) is 3.56. The van der Waals surface area contributed by atoms with Crippen molar-refractivity contribution >= 4 is 45.2 Å². The van der Waals surface area contributed by atoms with Crippen molar-refractivity contribution in [2.24, 2.45) is 5.73 Å². The quantitative estimate of drug-likeness (QED) is 0.0803. The third-order valence-corrected chi connectivity index (χ3v) is 8.79. The van der Waals surface area contributed by atoms with Crippen molar-refractivity contribution in [1.29, 1.82) is 0 Å². The molecule has 2 aromatic carbocycles. The summed E-state index contributed by atoms with van der Waals surface area (Å²) in [6.45, 7) is 3.87. The lowest BCUT2D eigenvalue weighted by molar-refractivity contribution is 0.0138. The van der Waals surface area contributed by atoms with Gasteiger partial charge < -0.3 is 50.2 Å². The number of fused-ring (bicyclic) bond motifs is 2. The lowest BCUT2D eigenvalue weighted by Gasteiger charge is -2.29. The molecular formula is C37H46N8O6. The molecule has 3 heterocycles. The minimum Gasteiger partial charge on any atom is -0.445 e. The summed E-state index contributed by atoms with van der Waals surface area (Å²) >= 11 is 0. The number of hydrogen-bond acceptors (Lipinski definition) is 11. The highest BCUT2D eigenvalue weighted by molar-refractivity contribution is 5.98. The van der Waals surface area contributed by atoms with Gasteiger partial charge in [-0.2, -0.15) is 0 Å². The zero-order valence-electron chi connectivity index (χ0n) is 28.6. The molecular weight excluding hydrogens is 652 g/mol. The predicted octanol–water partition coefficient (Wildman–Crippen LogP) is 4.67. The number of carbonyl (C=O) groups is 1. The molecule has 0 saturated heterocycles. The summed E-state index contributed by atoms with van der Waals surface area (Å²) in [7, 11) is 0. The van der Waals surface area contributed by atoms with Crippen LogP contribution in [-0.2, 0) is 32.1 Å². The molecule has 1 aliphatic carbocycles. The van der Waals surface area contributed by atoms with Crippen LogP contribution in [-0.4, -0.2) is 83.9 Å². The molecule has 0 bridgehead atoms. The first kappa shape index (κ1) is 35.8. The molecule has 51 heavy (non-hydrogen) atoms. The number of nitrogens with zero attached hydrogens (tertiary/aromatic N) is 3. The van der Waals surface area contributed by atoms with E-state index in [1.54, 1.807) is 0 Å². The van der Waals surface area contributed by atoms with Crippen LogP contribution in [0, 0.1) is 0 Å². The number of benzene rings is 2. The first-order valence-corrected chi connectivity index (χ1v) is 17.5. The molecule has 1 fully saturated rings. The van der Waals surface area contributed by atoms with Gasteiger partial charge in [-0.25, -0.2) is 14.8 Å². The number of anilines is 3. The van der Waals surface area contributed by atoms with Gasteiger partial charge in [0.05, 0.1) is 57.0 Å². The number of amides is 1. The number of alkyl carbamates (subject to hydrolysis) is 1. The van der Waals surface area contributed by atoms with Crippen LogP contribution in [0.3, 0.4) is 0 Å². The number of nitrogens with two attached hydrogens (primary N) is 1. The number of carbonyl (C=O) groups excluding carboxylic acids is 1. The molecule has 270 valence electrons. The number of ether oxygens (including phenoxy) is 4. The average molecular weight is 699 g/mol. The molecule has 6 N–H and O–H groups in total. The van der Waals surface area contributed by atoms with Crippen LogP contribution < -0.4 is 27.2 Å². The van der Waals surface area contributed by atoms with E-state index in [4.69, 9.17) is 29.7 Å². The summed E-state index contributed by atoms with van der Waals surface area (Å²) in [4.78, 5) is 36.6. The molecule has 14 heteroatoms. The SMILES string of the molecule is N[C@H]1CCCC[C@H]1Nc1cc2nc[nH]c(=O)c2c(Nc2cccc3c2ccn3CCOCCOCCOCCNC(=O)OCc2ccccc2)n1. The van der Waals surface area contributed by atoms with Crippen molar-refractivity contribution in [3.05, 3.63) is 89.1 Å². The number of H-pyrrole nitrogens is 1. The fourth-order valence-electron chi connectivity index (χ4n) is 6.14. The first-order chi connectivity index (χ1) is 25.0. The van der Waals surface area contributed by atoms with Crippen LogP contribution in [0.5, 0.6) is 0 Å². The zero-order valence-corrected chi connectivity index (χ0v) is 28.6. The van der Waals surface area contributed by atoms with E-state index in [2.05, 4.69) is 36.6 Å². The van der Waals surface area contributed by atoms with E-state index < -0.39 is 6.09 Å². The van der Waals surface area contributed by atoms with E-state index >= 15 is 0 Å². The van der Waals surface area contributed by atoms with Crippen LogP contribution in [0.4, 0.5) is 22.1 Å². The molecule has 1 aliphatic rings. The second kappa shape index (κ2) is 18.3. The van der Waals surface area contributed by atoms with Crippen LogP contribution in [0.25, 0.3) is 21.8 Å². The topological polar surface area (TPSA) is 180 Å². The van der Waals surface area contributed by atoms with Gasteiger partial charge in [0.15, 0.2) is 0 Å². The Bertz CT molecular complexity index is 1920. The molecule has 6 rings (SSSR count). The number of hydrogen-bond donors (Lipinski definition) is 5. The summed E-state index contributed by atoms with van der Waals surface area (Å²) in [6, 6.07) is 19.5. The summed E-state index contributed by atoms with van der Waals surface area (Å²) in [5, 5.41) is 11.0. The standard InChI is InChI=1S/C37H46N8O6/c38-28-9-4-5-10-30(28)42-33-23-31-34(36(46)41-25-40-31)35(44-33)43-29-11-6-12-32-27(29)13-15-45(32)16-18-49-20-22-50-21-19-48-17-14-39-37(47)51-24-26-7-2-1-3-8-26/h1-3,6-8,11-13,15,23,25,28,30H,4-5,9-10,14,16-22,24,38H2,(H,39,47)(H,40,41,46)(H2,42,43,44)/t28-,30+/m0/s1. The van der Waals surface area contributed by atoms with Crippen molar-refractivity contribution in [2.45, 2.75) is 50.9 Å². The molecule has 0 radical (unpaired) electrons. The summed E-state index contributed by atoms with van der Waals surface area (Å²) in [5.74, 6) is 1.06. The van der Waals surface area contributed by atoms with Crippen LogP contribution >= 0.6 is 0 Å². The number of rotatable bonds is 18.